The fourth-order valence-electron chi connectivity index (χ4n) is 1.66. The number of halogens is 1. The van der Waals surface area contributed by atoms with Gasteiger partial charge >= 0.3 is 0 Å². The Labute approximate surface area is 93.8 Å². The van der Waals surface area contributed by atoms with E-state index in [1.54, 1.807) is 12.1 Å². The molecule has 2 rings (SSSR count). The van der Waals surface area contributed by atoms with Crippen molar-refractivity contribution in [3.8, 4) is 0 Å². The van der Waals surface area contributed by atoms with E-state index in [0.717, 1.165) is 13.0 Å². The van der Waals surface area contributed by atoms with Crippen LogP contribution in [0.2, 0.25) is 5.15 Å². The van der Waals surface area contributed by atoms with Crippen molar-refractivity contribution in [2.75, 3.05) is 24.3 Å². The molecule has 0 aromatic carbocycles. The van der Waals surface area contributed by atoms with Gasteiger partial charge in [0.25, 0.3) is 0 Å². The number of hydrogen-bond donors (Lipinski definition) is 2. The molecule has 0 saturated carbocycles. The SMILES string of the molecule is CC1(Nc2cc(N)cc(Cl)n2)CCOC1. The standard InChI is InChI=1S/C10H14ClN3O/c1-10(2-3-15-6-10)14-9-5-7(12)4-8(11)13-9/h4-5H,2-3,6H2,1H3,(H3,12,13,14). The molecule has 2 heterocycles. The van der Waals surface area contributed by atoms with Crippen LogP contribution in [-0.2, 0) is 4.74 Å². The Kier molecular flexibility index (Phi) is 2.71. The van der Waals surface area contributed by atoms with Crippen molar-refractivity contribution < 1.29 is 4.74 Å². The van der Waals surface area contributed by atoms with Crippen molar-refractivity contribution in [3.05, 3.63) is 17.3 Å². The fraction of sp³-hybridized carbons (Fsp3) is 0.500. The van der Waals surface area contributed by atoms with Gasteiger partial charge in [0, 0.05) is 18.4 Å². The summed E-state index contributed by atoms with van der Waals surface area (Å²) >= 11 is 5.82. The molecule has 1 aliphatic heterocycles. The average Bonchev–Trinajstić information content (AvgIpc) is 2.49. The first-order valence-electron chi connectivity index (χ1n) is 4.86. The first-order chi connectivity index (χ1) is 7.07. The molecule has 1 aromatic heterocycles. The summed E-state index contributed by atoms with van der Waals surface area (Å²) in [4.78, 5) is 4.16. The van der Waals surface area contributed by atoms with Gasteiger partial charge in [-0.3, -0.25) is 0 Å². The molecule has 0 amide bonds. The summed E-state index contributed by atoms with van der Waals surface area (Å²) in [5.41, 5.74) is 6.23. The van der Waals surface area contributed by atoms with Crippen LogP contribution in [0.3, 0.4) is 0 Å². The zero-order valence-electron chi connectivity index (χ0n) is 8.59. The fourth-order valence-corrected chi connectivity index (χ4v) is 1.87. The molecule has 15 heavy (non-hydrogen) atoms. The maximum absolute atomic E-state index is 5.82. The van der Waals surface area contributed by atoms with Gasteiger partial charge in [-0.1, -0.05) is 11.6 Å². The van der Waals surface area contributed by atoms with Crippen LogP contribution in [0.25, 0.3) is 0 Å². The van der Waals surface area contributed by atoms with E-state index >= 15 is 0 Å². The molecule has 1 unspecified atom stereocenters. The average molecular weight is 228 g/mol. The summed E-state index contributed by atoms with van der Waals surface area (Å²) < 4.78 is 5.34. The van der Waals surface area contributed by atoms with E-state index in [0.29, 0.717) is 23.3 Å². The Bertz CT molecular complexity index is 343. The van der Waals surface area contributed by atoms with Gasteiger partial charge in [0.2, 0.25) is 0 Å². The van der Waals surface area contributed by atoms with E-state index in [4.69, 9.17) is 22.1 Å². The lowest BCUT2D eigenvalue weighted by Gasteiger charge is -2.24. The number of anilines is 2. The third-order valence-corrected chi connectivity index (χ3v) is 2.66. The topological polar surface area (TPSA) is 60.2 Å². The molecular weight excluding hydrogens is 214 g/mol. The zero-order chi connectivity index (χ0) is 10.9. The van der Waals surface area contributed by atoms with E-state index in [1.165, 1.54) is 0 Å². The highest BCUT2D eigenvalue weighted by Crippen LogP contribution is 2.24. The van der Waals surface area contributed by atoms with Gasteiger partial charge in [0.15, 0.2) is 0 Å². The zero-order valence-corrected chi connectivity index (χ0v) is 9.34. The minimum absolute atomic E-state index is 0.0654. The quantitative estimate of drug-likeness (QED) is 0.758. The molecule has 1 aliphatic rings. The lowest BCUT2D eigenvalue weighted by Crippen LogP contribution is -2.35. The Hall–Kier alpha value is -1.00. The second-order valence-electron chi connectivity index (χ2n) is 4.10. The molecule has 1 atom stereocenters. The van der Waals surface area contributed by atoms with Crippen molar-refractivity contribution in [1.82, 2.24) is 4.98 Å². The van der Waals surface area contributed by atoms with Gasteiger partial charge in [-0.25, -0.2) is 4.98 Å². The number of pyridine rings is 1. The van der Waals surface area contributed by atoms with E-state index in [-0.39, 0.29) is 5.54 Å². The van der Waals surface area contributed by atoms with Crippen molar-refractivity contribution in [1.29, 1.82) is 0 Å². The predicted octanol–water partition coefficient (Wildman–Crippen LogP) is 1.91. The van der Waals surface area contributed by atoms with Crippen LogP contribution in [0, 0.1) is 0 Å². The van der Waals surface area contributed by atoms with Gasteiger partial charge in [0.1, 0.15) is 11.0 Å². The molecule has 1 aromatic rings. The highest BCUT2D eigenvalue weighted by atomic mass is 35.5. The lowest BCUT2D eigenvalue weighted by molar-refractivity contribution is 0.185. The minimum Gasteiger partial charge on any atom is -0.399 e. The van der Waals surface area contributed by atoms with Crippen LogP contribution in [0.15, 0.2) is 12.1 Å². The molecule has 0 spiro atoms. The molecule has 0 radical (unpaired) electrons. The van der Waals surface area contributed by atoms with Crippen molar-refractivity contribution in [2.45, 2.75) is 18.9 Å². The number of nitrogen functional groups attached to an aromatic ring is 1. The van der Waals surface area contributed by atoms with E-state index in [2.05, 4.69) is 17.2 Å². The second-order valence-corrected chi connectivity index (χ2v) is 4.48. The first-order valence-corrected chi connectivity index (χ1v) is 5.24. The van der Waals surface area contributed by atoms with E-state index in [9.17, 15) is 0 Å². The van der Waals surface area contributed by atoms with Crippen LogP contribution in [0.4, 0.5) is 11.5 Å². The molecule has 4 nitrogen and oxygen atoms in total. The largest absolute Gasteiger partial charge is 0.399 e. The Balaban J connectivity index is 2.16. The Morgan fingerprint density at radius 2 is 2.40 bits per heavy atom. The van der Waals surface area contributed by atoms with Gasteiger partial charge in [0.05, 0.1) is 12.1 Å². The van der Waals surface area contributed by atoms with E-state index in [1.807, 2.05) is 0 Å². The number of nitrogens with two attached hydrogens (primary N) is 1. The number of aromatic nitrogens is 1. The summed E-state index contributed by atoms with van der Waals surface area (Å²) in [5, 5.41) is 3.70. The molecule has 0 bridgehead atoms. The summed E-state index contributed by atoms with van der Waals surface area (Å²) in [6.45, 7) is 3.55. The number of rotatable bonds is 2. The number of nitrogens with one attached hydrogen (secondary N) is 1. The Morgan fingerprint density at radius 3 is 3.00 bits per heavy atom. The van der Waals surface area contributed by atoms with Gasteiger partial charge in [-0.15, -0.1) is 0 Å². The number of ether oxygens (including phenoxy) is 1. The summed E-state index contributed by atoms with van der Waals surface area (Å²) in [6, 6.07) is 3.40. The van der Waals surface area contributed by atoms with Crippen LogP contribution < -0.4 is 11.1 Å². The highest BCUT2D eigenvalue weighted by Gasteiger charge is 2.29. The molecule has 1 saturated heterocycles. The third kappa shape index (κ3) is 2.52. The molecule has 5 heteroatoms. The molecule has 82 valence electrons. The summed E-state index contributed by atoms with van der Waals surface area (Å²) in [6.07, 6.45) is 0.959. The first kappa shape index (κ1) is 10.5. The van der Waals surface area contributed by atoms with Gasteiger partial charge in [-0.2, -0.15) is 0 Å². The number of hydrogen-bond acceptors (Lipinski definition) is 4. The van der Waals surface area contributed by atoms with Crippen LogP contribution in [0.1, 0.15) is 13.3 Å². The van der Waals surface area contributed by atoms with Crippen molar-refractivity contribution >= 4 is 23.1 Å². The Morgan fingerprint density at radius 1 is 1.60 bits per heavy atom. The minimum atomic E-state index is -0.0654. The van der Waals surface area contributed by atoms with Gasteiger partial charge < -0.3 is 15.8 Å². The summed E-state index contributed by atoms with van der Waals surface area (Å²) in [7, 11) is 0. The van der Waals surface area contributed by atoms with Crippen molar-refractivity contribution in [3.63, 3.8) is 0 Å². The monoisotopic (exact) mass is 227 g/mol. The lowest BCUT2D eigenvalue weighted by atomic mass is 10.0. The smallest absolute Gasteiger partial charge is 0.133 e. The molecule has 0 aliphatic carbocycles. The normalized spacial score (nSPS) is 25.5. The van der Waals surface area contributed by atoms with Crippen molar-refractivity contribution in [2.24, 2.45) is 0 Å². The molecule has 1 fully saturated rings. The van der Waals surface area contributed by atoms with Crippen LogP contribution in [-0.4, -0.2) is 23.7 Å². The summed E-state index contributed by atoms with van der Waals surface area (Å²) in [5.74, 6) is 0.702. The van der Waals surface area contributed by atoms with Crippen LogP contribution >= 0.6 is 11.6 Å². The maximum atomic E-state index is 5.82. The van der Waals surface area contributed by atoms with E-state index < -0.39 is 0 Å². The molecular formula is C10H14ClN3O. The second kappa shape index (κ2) is 3.87. The molecule has 3 N–H and O–H groups in total. The van der Waals surface area contributed by atoms with Gasteiger partial charge in [-0.05, 0) is 19.4 Å². The van der Waals surface area contributed by atoms with Crippen LogP contribution in [0.5, 0.6) is 0 Å². The maximum Gasteiger partial charge on any atom is 0.133 e. The number of nitrogens with zero attached hydrogens (tertiary/aromatic N) is 1. The predicted molar refractivity (Wildman–Crippen MR) is 61.1 cm³/mol. The highest BCUT2D eigenvalue weighted by molar-refractivity contribution is 6.29. The third-order valence-electron chi connectivity index (χ3n) is 2.47.